The summed E-state index contributed by atoms with van der Waals surface area (Å²) in [7, 11) is 0. The lowest BCUT2D eigenvalue weighted by molar-refractivity contribution is -0.114. The largest absolute Gasteiger partial charge is 0.508 e. The Hall–Kier alpha value is -3.71. The fraction of sp³-hybridized carbons (Fsp3) is 0.524. The van der Waals surface area contributed by atoms with Crippen LogP contribution in [0.15, 0.2) is 72.8 Å². The number of aliphatic hydroxyl groups excluding tert-OH is 1. The van der Waals surface area contributed by atoms with Gasteiger partial charge in [0.15, 0.2) is 0 Å². The highest BCUT2D eigenvalue weighted by molar-refractivity contribution is 5.95. The van der Waals surface area contributed by atoms with E-state index in [-0.39, 0.29) is 34.8 Å². The number of unbranched alkanes of at least 4 members (excludes halogenated alkanes) is 3. The van der Waals surface area contributed by atoms with Crippen LogP contribution >= 0.6 is 0 Å². The quantitative estimate of drug-likeness (QED) is 0.160. The first kappa shape index (κ1) is 35.1. The number of carbonyl (C=O) groups is 2. The second-order valence-electron chi connectivity index (χ2n) is 15.2. The van der Waals surface area contributed by atoms with Crippen molar-refractivity contribution < 1.29 is 24.2 Å². The molecule has 6 nitrogen and oxygen atoms in total. The van der Waals surface area contributed by atoms with E-state index in [4.69, 9.17) is 0 Å². The molecular formula is C42H53FN2O4. The number of carbonyl (C=O) groups excluding carboxylic acids is 2. The molecule has 0 aromatic heterocycles. The molecule has 0 radical (unpaired) electrons. The highest BCUT2D eigenvalue weighted by Gasteiger charge is 2.59. The Morgan fingerprint density at radius 2 is 1.67 bits per heavy atom. The zero-order chi connectivity index (χ0) is 34.5. The van der Waals surface area contributed by atoms with Gasteiger partial charge in [0.1, 0.15) is 11.9 Å². The van der Waals surface area contributed by atoms with Crippen LogP contribution < -0.4 is 5.32 Å². The first-order chi connectivity index (χ1) is 23.6. The molecule has 49 heavy (non-hydrogen) atoms. The standard InChI is InChI=1S/C42H53FN2O4/c1-28(46)44-33-17-15-30(16-18-33)41(49)45(24-10-13-29-11-6-5-7-12-29)23-9-4-3-8-14-31-25-32-26-34(47)19-20-35(32)40-37(43)27-42(2)36(39(31)40)21-22-38(42)48/h5-7,11-12,15-20,26,31,36-40,47-48H,3-4,8-10,13-14,21-25,27H2,1-2H3,(H,44,46)/t31?,36?,37?,38?,39?,40?,42-/m0/s1. The lowest BCUT2D eigenvalue weighted by atomic mass is 9.51. The average Bonchev–Trinajstić information content (AvgIpc) is 3.38. The molecule has 2 saturated carbocycles. The number of rotatable bonds is 13. The third-order valence-corrected chi connectivity index (χ3v) is 12.0. The predicted molar refractivity (Wildman–Crippen MR) is 192 cm³/mol. The molecule has 7 atom stereocenters. The molecule has 3 aliphatic rings. The summed E-state index contributed by atoms with van der Waals surface area (Å²) in [5.74, 6) is 0.791. The van der Waals surface area contributed by atoms with Crippen LogP contribution in [0.25, 0.3) is 0 Å². The van der Waals surface area contributed by atoms with Gasteiger partial charge in [-0.3, -0.25) is 9.59 Å². The summed E-state index contributed by atoms with van der Waals surface area (Å²) < 4.78 is 16.1. The second-order valence-corrected chi connectivity index (χ2v) is 15.2. The number of amides is 2. The summed E-state index contributed by atoms with van der Waals surface area (Å²) >= 11 is 0. The molecule has 3 aliphatic carbocycles. The molecule has 0 saturated heterocycles. The summed E-state index contributed by atoms with van der Waals surface area (Å²) in [6, 6.07) is 23.0. The van der Waals surface area contributed by atoms with Crippen molar-refractivity contribution in [3.63, 3.8) is 0 Å². The summed E-state index contributed by atoms with van der Waals surface area (Å²) in [5.41, 5.74) is 4.35. The van der Waals surface area contributed by atoms with E-state index in [0.717, 1.165) is 75.3 Å². The van der Waals surface area contributed by atoms with E-state index < -0.39 is 12.3 Å². The van der Waals surface area contributed by atoms with E-state index in [1.54, 1.807) is 30.3 Å². The topological polar surface area (TPSA) is 89.9 Å². The van der Waals surface area contributed by atoms with Gasteiger partial charge in [-0.1, -0.05) is 62.6 Å². The SMILES string of the molecule is CC(=O)Nc1ccc(C(=O)N(CCCCCCC2Cc3cc(O)ccc3C3C(F)C[C@]4(C)C(O)CCC4C23)CCCc2ccccc2)cc1. The molecule has 3 aromatic rings. The molecule has 2 amide bonds. The number of aryl methyl sites for hydroxylation is 1. The predicted octanol–water partition coefficient (Wildman–Crippen LogP) is 8.47. The minimum absolute atomic E-state index is 0.0116. The van der Waals surface area contributed by atoms with E-state index in [9.17, 15) is 19.8 Å². The van der Waals surface area contributed by atoms with Crippen LogP contribution in [0.4, 0.5) is 10.1 Å². The summed E-state index contributed by atoms with van der Waals surface area (Å²) in [5, 5.41) is 24.0. The molecule has 0 heterocycles. The number of hydrogen-bond donors (Lipinski definition) is 3. The van der Waals surface area contributed by atoms with Gasteiger partial charge in [0.25, 0.3) is 5.91 Å². The number of phenolic OH excluding ortho intramolecular Hbond substituents is 1. The van der Waals surface area contributed by atoms with Crippen LogP contribution in [0, 0.1) is 23.2 Å². The number of aliphatic hydroxyl groups is 1. The summed E-state index contributed by atoms with van der Waals surface area (Å²) in [4.78, 5) is 27.1. The number of nitrogens with zero attached hydrogens (tertiary/aromatic N) is 1. The van der Waals surface area contributed by atoms with Crippen molar-refractivity contribution in [1.82, 2.24) is 4.90 Å². The second kappa shape index (κ2) is 15.5. The fourth-order valence-corrected chi connectivity index (χ4v) is 9.61. The van der Waals surface area contributed by atoms with Gasteiger partial charge >= 0.3 is 0 Å². The number of benzene rings is 3. The van der Waals surface area contributed by atoms with Crippen LogP contribution in [0.5, 0.6) is 5.75 Å². The van der Waals surface area contributed by atoms with E-state index in [1.807, 2.05) is 35.2 Å². The van der Waals surface area contributed by atoms with Gasteiger partial charge in [-0.25, -0.2) is 4.39 Å². The van der Waals surface area contributed by atoms with E-state index >= 15 is 4.39 Å². The molecule has 7 heteroatoms. The van der Waals surface area contributed by atoms with Crippen molar-refractivity contribution in [3.05, 3.63) is 95.1 Å². The van der Waals surface area contributed by atoms with Gasteiger partial charge < -0.3 is 20.4 Å². The van der Waals surface area contributed by atoms with Crippen molar-refractivity contribution in [1.29, 1.82) is 0 Å². The number of anilines is 1. The Morgan fingerprint density at radius 1 is 0.939 bits per heavy atom. The first-order valence-corrected chi connectivity index (χ1v) is 18.5. The Morgan fingerprint density at radius 3 is 2.43 bits per heavy atom. The highest BCUT2D eigenvalue weighted by Crippen LogP contribution is 2.63. The highest BCUT2D eigenvalue weighted by atomic mass is 19.1. The minimum Gasteiger partial charge on any atom is -0.508 e. The van der Waals surface area contributed by atoms with Crippen molar-refractivity contribution in [3.8, 4) is 5.75 Å². The third-order valence-electron chi connectivity index (χ3n) is 12.0. The molecule has 0 aliphatic heterocycles. The Bertz CT molecular complexity index is 1580. The molecular weight excluding hydrogens is 615 g/mol. The van der Waals surface area contributed by atoms with Gasteiger partial charge in [-0.05, 0) is 128 Å². The Kier molecular flexibility index (Phi) is 11.1. The van der Waals surface area contributed by atoms with Crippen LogP contribution in [0.3, 0.4) is 0 Å². The number of fused-ring (bicyclic) bond motifs is 5. The third kappa shape index (κ3) is 7.88. The zero-order valence-electron chi connectivity index (χ0n) is 29.1. The number of alkyl halides is 1. The molecule has 262 valence electrons. The number of halogens is 1. The van der Waals surface area contributed by atoms with Gasteiger partial charge in [-0.15, -0.1) is 0 Å². The van der Waals surface area contributed by atoms with Gasteiger partial charge in [0.05, 0.1) is 6.10 Å². The fourth-order valence-electron chi connectivity index (χ4n) is 9.61. The molecule has 2 fully saturated rings. The smallest absolute Gasteiger partial charge is 0.253 e. The van der Waals surface area contributed by atoms with Crippen molar-refractivity contribution in [2.75, 3.05) is 18.4 Å². The monoisotopic (exact) mass is 668 g/mol. The lowest BCUT2D eigenvalue weighted by Crippen LogP contribution is -2.51. The Labute approximate surface area is 291 Å². The number of phenols is 1. The summed E-state index contributed by atoms with van der Waals surface area (Å²) in [6.45, 7) is 4.94. The number of nitrogens with one attached hydrogen (secondary N) is 1. The Balaban J connectivity index is 1.07. The maximum Gasteiger partial charge on any atom is 0.253 e. The van der Waals surface area contributed by atoms with Crippen LogP contribution in [-0.4, -0.2) is 52.3 Å². The van der Waals surface area contributed by atoms with Crippen molar-refractivity contribution in [2.24, 2.45) is 23.2 Å². The van der Waals surface area contributed by atoms with E-state index in [2.05, 4.69) is 24.4 Å². The normalized spacial score (nSPS) is 27.1. The maximum absolute atomic E-state index is 16.1. The molecule has 3 N–H and O–H groups in total. The van der Waals surface area contributed by atoms with Crippen molar-refractivity contribution >= 4 is 17.5 Å². The minimum atomic E-state index is -0.989. The average molecular weight is 669 g/mol. The van der Waals surface area contributed by atoms with Gasteiger partial charge in [0.2, 0.25) is 5.91 Å². The van der Waals surface area contributed by atoms with Crippen LogP contribution in [-0.2, 0) is 17.6 Å². The molecule has 6 rings (SSSR count). The molecule has 0 bridgehead atoms. The number of hydrogen-bond acceptors (Lipinski definition) is 4. The number of aromatic hydroxyl groups is 1. The maximum atomic E-state index is 16.1. The molecule has 6 unspecified atom stereocenters. The van der Waals surface area contributed by atoms with Crippen LogP contribution in [0.2, 0.25) is 0 Å². The van der Waals surface area contributed by atoms with Gasteiger partial charge in [0, 0.05) is 37.2 Å². The molecule has 0 spiro atoms. The zero-order valence-corrected chi connectivity index (χ0v) is 29.1. The van der Waals surface area contributed by atoms with Gasteiger partial charge in [-0.2, -0.15) is 0 Å². The summed E-state index contributed by atoms with van der Waals surface area (Å²) in [6.07, 6.45) is 8.35. The first-order valence-electron chi connectivity index (χ1n) is 18.5. The molecule has 3 aromatic carbocycles. The lowest BCUT2D eigenvalue weighted by Gasteiger charge is -2.54. The van der Waals surface area contributed by atoms with Crippen LogP contribution in [0.1, 0.15) is 105 Å². The van der Waals surface area contributed by atoms with Crippen molar-refractivity contribution in [2.45, 2.75) is 103 Å². The van der Waals surface area contributed by atoms with E-state index in [1.165, 1.54) is 12.5 Å². The van der Waals surface area contributed by atoms with E-state index in [0.29, 0.717) is 42.6 Å².